The Bertz CT molecular complexity index is 2790. The number of aliphatic carboxylic acids is 2. The number of benzene rings is 6. The van der Waals surface area contributed by atoms with E-state index in [1.165, 1.54) is 60.9 Å². The molecule has 0 saturated heterocycles. The summed E-state index contributed by atoms with van der Waals surface area (Å²) >= 11 is 0. The van der Waals surface area contributed by atoms with Gasteiger partial charge in [-0.1, -0.05) is 97.1 Å². The second kappa shape index (κ2) is 18.1. The number of fused-ring (bicyclic) bond motifs is 2. The van der Waals surface area contributed by atoms with E-state index in [1.54, 1.807) is 45.5 Å². The number of ether oxygens (including phenoxy) is 2. The Kier molecular flexibility index (Phi) is 12.4. The van der Waals surface area contributed by atoms with E-state index in [-0.39, 0.29) is 22.6 Å². The normalized spacial score (nSPS) is 11.5. The molecule has 0 fully saturated rings. The van der Waals surface area contributed by atoms with Crippen molar-refractivity contribution in [1.82, 2.24) is 9.13 Å². The first-order valence-corrected chi connectivity index (χ1v) is 19.0. The van der Waals surface area contributed by atoms with Crippen LogP contribution in [-0.2, 0) is 22.7 Å². The standard InChI is InChI=1S/2C24H16F3NO4/c2*25-24(26,27)32-18-9-6-16(7-10-18)17-8-11-21-19(12-17)20(22(29)23(30)31)14-28(21)13-15-4-2-1-3-5-15/h2*1-12,14H,13H2,(H,30,31). The fraction of sp³-hybridized carbons (Fsp3) is 0.0833. The van der Waals surface area contributed by atoms with Gasteiger partial charge < -0.3 is 28.8 Å². The van der Waals surface area contributed by atoms with Crippen molar-refractivity contribution in [3.63, 3.8) is 0 Å². The molecule has 0 aliphatic carbocycles. The molecular weight excluding hydrogens is 847 g/mol. The van der Waals surface area contributed by atoms with E-state index in [1.807, 2.05) is 60.7 Å². The van der Waals surface area contributed by atoms with Gasteiger partial charge in [0.15, 0.2) is 0 Å². The molecule has 64 heavy (non-hydrogen) atoms. The van der Waals surface area contributed by atoms with Gasteiger partial charge in [-0.05, 0) is 81.9 Å². The van der Waals surface area contributed by atoms with Crippen molar-refractivity contribution in [2.45, 2.75) is 25.8 Å². The summed E-state index contributed by atoms with van der Waals surface area (Å²) in [5, 5.41) is 19.4. The monoisotopic (exact) mass is 878 g/mol. The zero-order valence-electron chi connectivity index (χ0n) is 32.9. The predicted molar refractivity (Wildman–Crippen MR) is 223 cm³/mol. The SMILES string of the molecule is O=C(O)C(=O)c1cn(Cc2ccccc2)c2ccc(-c3ccc(OC(F)(F)F)cc3)cc12.O=C(O)C(=O)c1cn(Cc2ccccc2)c2ccc(-c3ccc(OC(F)(F)F)cc3)cc12. The van der Waals surface area contributed by atoms with Crippen molar-refractivity contribution in [2.75, 3.05) is 0 Å². The third-order valence-electron chi connectivity index (χ3n) is 9.87. The summed E-state index contributed by atoms with van der Waals surface area (Å²) in [4.78, 5) is 47.3. The topological polar surface area (TPSA) is 137 Å². The van der Waals surface area contributed by atoms with Crippen molar-refractivity contribution in [1.29, 1.82) is 0 Å². The van der Waals surface area contributed by atoms with Crippen LogP contribution in [0, 0.1) is 0 Å². The number of ketones is 2. The summed E-state index contributed by atoms with van der Waals surface area (Å²) in [6.45, 7) is 0.875. The molecule has 0 unspecified atom stereocenters. The maximum Gasteiger partial charge on any atom is 0.573 e. The highest BCUT2D eigenvalue weighted by Gasteiger charge is 2.32. The molecule has 0 aliphatic rings. The van der Waals surface area contributed by atoms with Gasteiger partial charge in [-0.15, -0.1) is 26.3 Å². The molecule has 8 aromatic rings. The van der Waals surface area contributed by atoms with Crippen LogP contribution >= 0.6 is 0 Å². The lowest BCUT2D eigenvalue weighted by atomic mass is 10.0. The number of Topliss-reactive ketones (excluding diaryl/α,β-unsaturated/α-hetero) is 2. The molecule has 16 heteroatoms. The van der Waals surface area contributed by atoms with E-state index in [9.17, 15) is 55.7 Å². The van der Waals surface area contributed by atoms with Crippen LogP contribution < -0.4 is 9.47 Å². The van der Waals surface area contributed by atoms with Crippen LogP contribution in [0.5, 0.6) is 11.5 Å². The molecule has 2 heterocycles. The van der Waals surface area contributed by atoms with Gasteiger partial charge in [-0.2, -0.15) is 0 Å². The van der Waals surface area contributed by atoms with Crippen LogP contribution in [0.4, 0.5) is 26.3 Å². The highest BCUT2D eigenvalue weighted by Crippen LogP contribution is 2.33. The molecule has 0 aliphatic heterocycles. The average Bonchev–Trinajstić information content (AvgIpc) is 3.80. The first-order valence-electron chi connectivity index (χ1n) is 19.0. The maximum atomic E-state index is 12.4. The summed E-state index contributed by atoms with van der Waals surface area (Å²) in [5.41, 5.74) is 5.78. The lowest BCUT2D eigenvalue weighted by Gasteiger charge is -2.10. The Labute approximate surface area is 358 Å². The Morgan fingerprint density at radius 3 is 1.09 bits per heavy atom. The van der Waals surface area contributed by atoms with Crippen molar-refractivity contribution >= 4 is 45.3 Å². The molecule has 10 nitrogen and oxygen atoms in total. The number of carbonyl (C=O) groups excluding carboxylic acids is 2. The van der Waals surface area contributed by atoms with Gasteiger partial charge in [0.25, 0.3) is 11.6 Å². The number of alkyl halides is 6. The quantitative estimate of drug-likeness (QED) is 0.0703. The van der Waals surface area contributed by atoms with Crippen LogP contribution in [0.3, 0.4) is 0 Å². The summed E-state index contributed by atoms with van der Waals surface area (Å²) in [5.74, 6) is -5.90. The molecule has 8 rings (SSSR count). The first kappa shape index (κ1) is 43.9. The number of rotatable bonds is 12. The van der Waals surface area contributed by atoms with Gasteiger partial charge in [0, 0.05) is 47.3 Å². The minimum atomic E-state index is -4.78. The zero-order valence-corrected chi connectivity index (χ0v) is 32.9. The van der Waals surface area contributed by atoms with E-state index < -0.39 is 36.2 Å². The van der Waals surface area contributed by atoms with Gasteiger partial charge in [0.2, 0.25) is 0 Å². The molecule has 2 N–H and O–H groups in total. The Balaban J connectivity index is 0.000000191. The lowest BCUT2D eigenvalue weighted by molar-refractivity contribution is -0.275. The van der Waals surface area contributed by atoms with E-state index in [2.05, 4.69) is 9.47 Å². The number of halogens is 6. The maximum absolute atomic E-state index is 12.4. The fourth-order valence-corrected chi connectivity index (χ4v) is 7.07. The lowest BCUT2D eigenvalue weighted by Crippen LogP contribution is -2.16. The number of carbonyl (C=O) groups is 4. The molecule has 0 atom stereocenters. The Hall–Kier alpha value is -8.14. The van der Waals surface area contributed by atoms with E-state index in [0.717, 1.165) is 11.1 Å². The summed E-state index contributed by atoms with van der Waals surface area (Å²) in [6.07, 6.45) is -6.54. The van der Waals surface area contributed by atoms with Crippen LogP contribution in [0.25, 0.3) is 44.1 Å². The molecule has 0 amide bonds. The highest BCUT2D eigenvalue weighted by molar-refractivity contribution is 6.43. The highest BCUT2D eigenvalue weighted by atomic mass is 19.4. The second-order valence-corrected chi connectivity index (χ2v) is 14.2. The van der Waals surface area contributed by atoms with Crippen LogP contribution in [0.2, 0.25) is 0 Å². The summed E-state index contributed by atoms with van der Waals surface area (Å²) in [6, 6.07) is 39.9. The van der Waals surface area contributed by atoms with Crippen molar-refractivity contribution < 1.29 is 65.2 Å². The number of aromatic nitrogens is 2. The van der Waals surface area contributed by atoms with Crippen molar-refractivity contribution in [3.05, 3.63) is 180 Å². The molecule has 0 saturated carbocycles. The molecule has 324 valence electrons. The van der Waals surface area contributed by atoms with E-state index in [0.29, 0.717) is 57.1 Å². The molecular formula is C48H32F6N2O8. The van der Waals surface area contributed by atoms with Gasteiger partial charge in [-0.25, -0.2) is 9.59 Å². The van der Waals surface area contributed by atoms with E-state index in [4.69, 9.17) is 0 Å². The fourth-order valence-electron chi connectivity index (χ4n) is 7.07. The van der Waals surface area contributed by atoms with E-state index >= 15 is 0 Å². The summed E-state index contributed by atoms with van der Waals surface area (Å²) < 4.78 is 85.6. The van der Waals surface area contributed by atoms with Crippen molar-refractivity contribution in [3.8, 4) is 33.8 Å². The van der Waals surface area contributed by atoms with Crippen LogP contribution in [0.15, 0.2) is 158 Å². The number of nitrogens with zero attached hydrogens (tertiary/aromatic N) is 2. The Morgan fingerprint density at radius 1 is 0.453 bits per heavy atom. The predicted octanol–water partition coefficient (Wildman–Crippen LogP) is 11.0. The third kappa shape index (κ3) is 10.5. The van der Waals surface area contributed by atoms with Crippen molar-refractivity contribution in [2.24, 2.45) is 0 Å². The molecule has 0 spiro atoms. The minimum absolute atomic E-state index is 0.0438. The second-order valence-electron chi connectivity index (χ2n) is 14.2. The largest absolute Gasteiger partial charge is 0.573 e. The zero-order chi connectivity index (χ0) is 45.8. The molecule has 2 aromatic heterocycles. The third-order valence-corrected chi connectivity index (χ3v) is 9.87. The summed E-state index contributed by atoms with van der Waals surface area (Å²) in [7, 11) is 0. The number of hydrogen-bond acceptors (Lipinski definition) is 6. The first-order chi connectivity index (χ1) is 30.4. The van der Waals surface area contributed by atoms with Gasteiger partial charge >= 0.3 is 24.7 Å². The smallest absolute Gasteiger partial charge is 0.475 e. The van der Waals surface area contributed by atoms with Crippen LogP contribution in [-0.4, -0.2) is 55.6 Å². The van der Waals surface area contributed by atoms with Crippen LogP contribution in [0.1, 0.15) is 31.8 Å². The number of carboxylic acids is 2. The van der Waals surface area contributed by atoms with Gasteiger partial charge in [-0.3, -0.25) is 9.59 Å². The van der Waals surface area contributed by atoms with Gasteiger partial charge in [0.05, 0.1) is 11.1 Å². The number of carboxylic acid groups (broad SMARTS) is 2. The number of hydrogen-bond donors (Lipinski definition) is 2. The molecule has 0 radical (unpaired) electrons. The molecule has 0 bridgehead atoms. The minimum Gasteiger partial charge on any atom is -0.475 e. The molecule has 6 aromatic carbocycles. The average molecular weight is 879 g/mol. The van der Waals surface area contributed by atoms with Gasteiger partial charge in [0.1, 0.15) is 11.5 Å². The Morgan fingerprint density at radius 2 is 0.781 bits per heavy atom.